The average molecular weight is 344 g/mol. The van der Waals surface area contributed by atoms with Crippen LogP contribution in [-0.2, 0) is 23.9 Å². The molecule has 0 aromatic rings. The summed E-state index contributed by atoms with van der Waals surface area (Å²) in [7, 11) is 2.73. The van der Waals surface area contributed by atoms with Crippen molar-refractivity contribution < 1.29 is 23.9 Å². The van der Waals surface area contributed by atoms with Gasteiger partial charge in [-0.1, -0.05) is 0 Å². The summed E-state index contributed by atoms with van der Waals surface area (Å²) in [5, 5.41) is 0. The number of carbonyl (C=O) groups is 3. The van der Waals surface area contributed by atoms with E-state index in [0.717, 1.165) is 17.9 Å². The third-order valence-electron chi connectivity index (χ3n) is 5.12. The lowest BCUT2D eigenvalue weighted by molar-refractivity contribution is -0.157. The van der Waals surface area contributed by atoms with Gasteiger partial charge >= 0.3 is 11.9 Å². The van der Waals surface area contributed by atoms with Gasteiger partial charge in [-0.2, -0.15) is 0 Å². The highest BCUT2D eigenvalue weighted by Crippen LogP contribution is 2.63. The predicted molar refractivity (Wildman–Crippen MR) is 84.5 cm³/mol. The van der Waals surface area contributed by atoms with Crippen LogP contribution in [0, 0.1) is 23.7 Å². The van der Waals surface area contributed by atoms with Crippen molar-refractivity contribution in [3.8, 4) is 0 Å². The van der Waals surface area contributed by atoms with Crippen LogP contribution in [0.5, 0.6) is 0 Å². The lowest BCUT2D eigenvalue weighted by atomic mass is 9.63. The van der Waals surface area contributed by atoms with Gasteiger partial charge in [-0.15, -0.1) is 23.5 Å². The van der Waals surface area contributed by atoms with Crippen LogP contribution in [0.2, 0.25) is 0 Å². The Labute approximate surface area is 138 Å². The molecule has 0 aromatic carbocycles. The van der Waals surface area contributed by atoms with Crippen LogP contribution in [-0.4, -0.2) is 47.5 Å². The van der Waals surface area contributed by atoms with Crippen molar-refractivity contribution in [2.24, 2.45) is 23.7 Å². The first kappa shape index (κ1) is 16.2. The van der Waals surface area contributed by atoms with Crippen LogP contribution in [0.4, 0.5) is 0 Å². The molecule has 0 N–H and O–H groups in total. The quantitative estimate of drug-likeness (QED) is 0.558. The fraction of sp³-hybridized carbons (Fsp3) is 0.800. The smallest absolute Gasteiger partial charge is 0.316 e. The molecule has 3 rings (SSSR count). The second kappa shape index (κ2) is 6.07. The van der Waals surface area contributed by atoms with E-state index in [0.29, 0.717) is 12.8 Å². The third-order valence-corrected chi connectivity index (χ3v) is 9.04. The summed E-state index contributed by atoms with van der Waals surface area (Å²) in [6.45, 7) is 0. The van der Waals surface area contributed by atoms with Crippen LogP contribution in [0.25, 0.3) is 0 Å². The minimum atomic E-state index is -0.661. The number of carbonyl (C=O) groups excluding carboxylic acids is 3. The number of thioether (sulfide) groups is 2. The van der Waals surface area contributed by atoms with Crippen LogP contribution < -0.4 is 0 Å². The maximum absolute atomic E-state index is 12.5. The van der Waals surface area contributed by atoms with Crippen molar-refractivity contribution in [3.05, 3.63) is 0 Å². The van der Waals surface area contributed by atoms with E-state index in [1.54, 1.807) is 0 Å². The van der Waals surface area contributed by atoms with E-state index in [-0.39, 0.29) is 33.6 Å². The molecular formula is C15H20O5S2. The molecule has 22 heavy (non-hydrogen) atoms. The lowest BCUT2D eigenvalue weighted by Crippen LogP contribution is -2.54. The molecular weight excluding hydrogens is 324 g/mol. The zero-order valence-corrected chi connectivity index (χ0v) is 14.3. The first-order valence-electron chi connectivity index (χ1n) is 7.50. The molecule has 2 aliphatic carbocycles. The fourth-order valence-electron chi connectivity index (χ4n) is 4.15. The van der Waals surface area contributed by atoms with Gasteiger partial charge in [-0.3, -0.25) is 14.4 Å². The molecule has 2 bridgehead atoms. The number of ketones is 1. The Morgan fingerprint density at radius 2 is 1.68 bits per heavy atom. The summed E-state index contributed by atoms with van der Waals surface area (Å²) < 4.78 is 9.57. The molecule has 1 aliphatic heterocycles. The van der Waals surface area contributed by atoms with E-state index >= 15 is 0 Å². The number of ether oxygens (including phenoxy) is 2. The number of hydrogen-bond donors (Lipinski definition) is 0. The Balaban J connectivity index is 1.93. The van der Waals surface area contributed by atoms with Gasteiger partial charge in [0.2, 0.25) is 0 Å². The molecule has 122 valence electrons. The second-order valence-corrected chi connectivity index (χ2v) is 9.08. The maximum atomic E-state index is 12.5. The molecule has 2 saturated carbocycles. The zero-order valence-electron chi connectivity index (χ0n) is 12.7. The predicted octanol–water partition coefficient (Wildman–Crippen LogP) is 1.74. The summed E-state index contributed by atoms with van der Waals surface area (Å²) in [5.41, 5.74) is 0. The molecule has 3 aliphatic rings. The zero-order chi connectivity index (χ0) is 15.9. The minimum Gasteiger partial charge on any atom is -0.469 e. The number of Topliss-reactive ketones (excluding diaryl/α,β-unsaturated/α-hetero) is 1. The topological polar surface area (TPSA) is 69.7 Å². The molecule has 1 heterocycles. The van der Waals surface area contributed by atoms with Crippen molar-refractivity contribution in [1.29, 1.82) is 0 Å². The number of esters is 2. The summed E-state index contributed by atoms with van der Waals surface area (Å²) >= 11 is 3.61. The molecule has 5 nitrogen and oxygen atoms in total. The van der Waals surface area contributed by atoms with Crippen molar-refractivity contribution in [1.82, 2.24) is 0 Å². The molecule has 1 saturated heterocycles. The van der Waals surface area contributed by atoms with Crippen LogP contribution >= 0.6 is 23.5 Å². The van der Waals surface area contributed by atoms with Crippen LogP contribution in [0.3, 0.4) is 0 Å². The van der Waals surface area contributed by atoms with Crippen LogP contribution in [0.15, 0.2) is 0 Å². The first-order chi connectivity index (χ1) is 10.5. The van der Waals surface area contributed by atoms with Gasteiger partial charge in [-0.05, 0) is 25.2 Å². The Hall–Kier alpha value is -0.690. The summed E-state index contributed by atoms with van der Waals surface area (Å²) in [4.78, 5) is 36.8. The number of hydrogen-bond acceptors (Lipinski definition) is 7. The van der Waals surface area contributed by atoms with Gasteiger partial charge in [0.05, 0.1) is 24.2 Å². The molecule has 0 unspecified atom stereocenters. The molecule has 3 fully saturated rings. The Kier molecular flexibility index (Phi) is 4.47. The SMILES string of the molecule is COC(=O)[C@H]1C[C@@H]2C[C@H](C[C@@H](C(=O)OC)C23SCCS3)C1=O. The van der Waals surface area contributed by atoms with Crippen molar-refractivity contribution in [2.45, 2.75) is 23.3 Å². The van der Waals surface area contributed by atoms with E-state index in [9.17, 15) is 14.4 Å². The van der Waals surface area contributed by atoms with E-state index in [1.165, 1.54) is 14.2 Å². The maximum Gasteiger partial charge on any atom is 0.316 e. The highest BCUT2D eigenvalue weighted by molar-refractivity contribution is 8.21. The average Bonchev–Trinajstić information content (AvgIpc) is 3.02. The molecule has 7 heteroatoms. The van der Waals surface area contributed by atoms with Crippen molar-refractivity contribution in [2.75, 3.05) is 25.7 Å². The van der Waals surface area contributed by atoms with E-state index in [2.05, 4.69) is 0 Å². The van der Waals surface area contributed by atoms with Gasteiger partial charge in [0.15, 0.2) is 0 Å². The highest BCUT2D eigenvalue weighted by atomic mass is 32.2. The van der Waals surface area contributed by atoms with Crippen molar-refractivity contribution >= 4 is 41.2 Å². The molecule has 1 spiro atoms. The molecule has 4 atom stereocenters. The van der Waals surface area contributed by atoms with Crippen LogP contribution in [0.1, 0.15) is 19.3 Å². The molecule has 0 radical (unpaired) electrons. The first-order valence-corrected chi connectivity index (χ1v) is 9.48. The molecule has 0 aromatic heterocycles. The monoisotopic (exact) mass is 344 g/mol. The van der Waals surface area contributed by atoms with E-state index < -0.39 is 11.9 Å². The summed E-state index contributed by atoms with van der Waals surface area (Å²) in [6.07, 6.45) is 1.77. The number of rotatable bonds is 2. The summed E-state index contributed by atoms with van der Waals surface area (Å²) in [5.74, 6) is 0.313. The van der Waals surface area contributed by atoms with E-state index in [1.807, 2.05) is 23.5 Å². The largest absolute Gasteiger partial charge is 0.469 e. The second-order valence-electron chi connectivity index (χ2n) is 6.07. The van der Waals surface area contributed by atoms with Gasteiger partial charge in [0.1, 0.15) is 11.7 Å². The lowest BCUT2D eigenvalue weighted by Gasteiger charge is -2.50. The summed E-state index contributed by atoms with van der Waals surface area (Å²) in [6, 6.07) is 0. The normalized spacial score (nSPS) is 36.2. The standard InChI is InChI=1S/C15H20O5S2/c1-19-13(17)10-7-9-5-8(12(10)16)6-11(14(18)20-2)15(9)21-3-4-22-15/h8-11H,3-7H2,1-2H3/t8-,9+,10+,11+/m1/s1. The number of fused-ring (bicyclic) bond motifs is 3. The highest BCUT2D eigenvalue weighted by Gasteiger charge is 2.60. The minimum absolute atomic E-state index is 0.0557. The third kappa shape index (κ3) is 2.37. The fourth-order valence-corrected chi connectivity index (χ4v) is 7.94. The van der Waals surface area contributed by atoms with Gasteiger partial charge in [-0.25, -0.2) is 0 Å². The Bertz CT molecular complexity index is 500. The van der Waals surface area contributed by atoms with Gasteiger partial charge < -0.3 is 9.47 Å². The van der Waals surface area contributed by atoms with Gasteiger partial charge in [0.25, 0.3) is 0 Å². The number of methoxy groups -OCH3 is 2. The molecule has 0 amide bonds. The van der Waals surface area contributed by atoms with Crippen molar-refractivity contribution in [3.63, 3.8) is 0 Å². The van der Waals surface area contributed by atoms with E-state index in [4.69, 9.17) is 9.47 Å². The Morgan fingerprint density at radius 1 is 1.05 bits per heavy atom. The van der Waals surface area contributed by atoms with Gasteiger partial charge in [0, 0.05) is 17.4 Å². The Morgan fingerprint density at radius 3 is 2.27 bits per heavy atom.